The van der Waals surface area contributed by atoms with Gasteiger partial charge in [0.15, 0.2) is 0 Å². The van der Waals surface area contributed by atoms with Crippen molar-refractivity contribution >= 4 is 39.5 Å². The highest BCUT2D eigenvalue weighted by atomic mass is 32.1. The van der Waals surface area contributed by atoms with Crippen LogP contribution >= 0.6 is 22.7 Å². The number of hydrogen-bond acceptors (Lipinski definition) is 7. The minimum atomic E-state index is -0.470. The molecule has 1 aliphatic heterocycles. The van der Waals surface area contributed by atoms with E-state index in [1.807, 2.05) is 5.38 Å². The first-order valence-electron chi connectivity index (χ1n) is 11.6. The molecule has 0 spiro atoms. The number of aromatic nitrogens is 1. The van der Waals surface area contributed by atoms with Gasteiger partial charge in [0.1, 0.15) is 10.0 Å². The molecule has 7 nitrogen and oxygen atoms in total. The molecule has 1 fully saturated rings. The smallest absolute Gasteiger partial charge is 0.251 e. The number of ether oxygens (including phenoxy) is 1. The van der Waals surface area contributed by atoms with Crippen LogP contribution in [0.15, 0.2) is 29.6 Å². The van der Waals surface area contributed by atoms with Crippen molar-refractivity contribution in [1.82, 2.24) is 9.88 Å². The molecule has 0 atom stereocenters. The topological polar surface area (TPSA) is 97.5 Å². The van der Waals surface area contributed by atoms with Crippen LogP contribution in [0.3, 0.4) is 0 Å². The second-order valence-corrected chi connectivity index (χ2v) is 10.7. The van der Waals surface area contributed by atoms with E-state index < -0.39 is 5.91 Å². The Labute approximate surface area is 206 Å². The van der Waals surface area contributed by atoms with E-state index >= 15 is 0 Å². The van der Waals surface area contributed by atoms with Gasteiger partial charge in [-0.2, -0.15) is 0 Å². The van der Waals surface area contributed by atoms with Gasteiger partial charge in [0.25, 0.3) is 5.91 Å². The highest BCUT2D eigenvalue weighted by Crippen LogP contribution is 2.38. The first-order chi connectivity index (χ1) is 16.6. The maximum absolute atomic E-state index is 12.7. The summed E-state index contributed by atoms with van der Waals surface area (Å²) in [7, 11) is 0. The molecule has 5 rings (SSSR count). The van der Waals surface area contributed by atoms with E-state index in [0.717, 1.165) is 80.4 Å². The summed E-state index contributed by atoms with van der Waals surface area (Å²) >= 11 is 3.02. The lowest BCUT2D eigenvalue weighted by Gasteiger charge is -2.26. The number of benzene rings is 1. The summed E-state index contributed by atoms with van der Waals surface area (Å²) in [6.07, 6.45) is 4.10. The van der Waals surface area contributed by atoms with Crippen molar-refractivity contribution in [3.05, 3.63) is 56.9 Å². The number of morpholine rings is 1. The monoisotopic (exact) mass is 496 g/mol. The number of aryl methyl sites for hydroxylation is 1. The van der Waals surface area contributed by atoms with E-state index in [-0.39, 0.29) is 12.3 Å². The van der Waals surface area contributed by atoms with E-state index in [1.165, 1.54) is 33.1 Å². The second kappa shape index (κ2) is 10.4. The van der Waals surface area contributed by atoms with Crippen molar-refractivity contribution in [1.29, 1.82) is 0 Å². The summed E-state index contributed by atoms with van der Waals surface area (Å²) in [5, 5.41) is 6.32. The number of fused-ring (bicyclic) bond motifs is 1. The fourth-order valence-corrected chi connectivity index (χ4v) is 6.68. The van der Waals surface area contributed by atoms with Crippen LogP contribution in [0.1, 0.15) is 44.9 Å². The number of rotatable bonds is 7. The standard InChI is InChI=1S/C25H28N4O3S2/c26-23(31)22-19-3-1-2-4-20(19)34-25(22)28-21(30)13-18-15-33-24(27-18)17-7-5-16(6-8-17)14-29-9-11-32-12-10-29/h5-8,15H,1-4,9-14H2,(H2,26,31)(H,28,30). The van der Waals surface area contributed by atoms with E-state index in [9.17, 15) is 9.59 Å². The van der Waals surface area contributed by atoms with Gasteiger partial charge in [0.2, 0.25) is 5.91 Å². The Balaban J connectivity index is 1.22. The number of amides is 2. The summed E-state index contributed by atoms with van der Waals surface area (Å²) < 4.78 is 5.42. The summed E-state index contributed by atoms with van der Waals surface area (Å²) in [5.74, 6) is -0.651. The lowest BCUT2D eigenvalue weighted by atomic mass is 9.95. The molecule has 9 heteroatoms. The average molecular weight is 497 g/mol. The van der Waals surface area contributed by atoms with Crippen LogP contribution in [0.4, 0.5) is 5.00 Å². The molecule has 0 bridgehead atoms. The molecule has 178 valence electrons. The molecule has 34 heavy (non-hydrogen) atoms. The van der Waals surface area contributed by atoms with Crippen molar-refractivity contribution in [2.24, 2.45) is 5.73 Å². The zero-order chi connectivity index (χ0) is 23.5. The minimum Gasteiger partial charge on any atom is -0.379 e. The Kier molecular flexibility index (Phi) is 7.05. The molecule has 0 unspecified atom stereocenters. The van der Waals surface area contributed by atoms with Crippen LogP contribution in [-0.4, -0.2) is 48.0 Å². The fourth-order valence-electron chi connectivity index (χ4n) is 4.54. The van der Waals surface area contributed by atoms with E-state index in [2.05, 4.69) is 39.5 Å². The van der Waals surface area contributed by atoms with Crippen molar-refractivity contribution in [2.45, 2.75) is 38.6 Å². The van der Waals surface area contributed by atoms with Gasteiger partial charge in [-0.15, -0.1) is 22.7 Å². The molecule has 1 saturated heterocycles. The number of primary amides is 1. The number of carbonyl (C=O) groups excluding carboxylic acids is 2. The minimum absolute atomic E-state index is 0.159. The Morgan fingerprint density at radius 2 is 1.88 bits per heavy atom. The number of anilines is 1. The highest BCUT2D eigenvalue weighted by molar-refractivity contribution is 7.17. The van der Waals surface area contributed by atoms with Gasteiger partial charge in [0.05, 0.1) is 30.9 Å². The number of nitrogens with zero attached hydrogens (tertiary/aromatic N) is 2. The maximum atomic E-state index is 12.7. The van der Waals surface area contributed by atoms with Gasteiger partial charge >= 0.3 is 0 Å². The lowest BCUT2D eigenvalue weighted by molar-refractivity contribution is -0.115. The van der Waals surface area contributed by atoms with Crippen molar-refractivity contribution in [3.8, 4) is 10.6 Å². The normalized spacial score (nSPS) is 16.2. The Bertz CT molecular complexity index is 1180. The molecule has 1 aromatic carbocycles. The van der Waals surface area contributed by atoms with Crippen molar-refractivity contribution in [2.75, 3.05) is 31.6 Å². The van der Waals surface area contributed by atoms with E-state index in [4.69, 9.17) is 10.5 Å². The van der Waals surface area contributed by atoms with E-state index in [0.29, 0.717) is 10.6 Å². The third-order valence-corrected chi connectivity index (χ3v) is 8.42. The molecule has 3 N–H and O–H groups in total. The predicted octanol–water partition coefficient (Wildman–Crippen LogP) is 3.86. The van der Waals surface area contributed by atoms with Crippen LogP contribution in [0.25, 0.3) is 10.6 Å². The zero-order valence-electron chi connectivity index (χ0n) is 19.0. The Morgan fingerprint density at radius 1 is 1.12 bits per heavy atom. The first-order valence-corrected chi connectivity index (χ1v) is 13.3. The van der Waals surface area contributed by atoms with Gasteiger partial charge in [-0.3, -0.25) is 14.5 Å². The zero-order valence-corrected chi connectivity index (χ0v) is 20.6. The number of thiazole rings is 1. The van der Waals surface area contributed by atoms with Crippen LogP contribution in [0.5, 0.6) is 0 Å². The summed E-state index contributed by atoms with van der Waals surface area (Å²) in [4.78, 5) is 33.0. The van der Waals surface area contributed by atoms with Gasteiger partial charge in [-0.05, 0) is 36.8 Å². The third-order valence-electron chi connectivity index (χ3n) is 6.27. The van der Waals surface area contributed by atoms with E-state index in [1.54, 1.807) is 0 Å². The van der Waals surface area contributed by atoms with Crippen LogP contribution in [-0.2, 0) is 35.3 Å². The molecule has 1 aliphatic carbocycles. The number of thiophene rings is 1. The largest absolute Gasteiger partial charge is 0.379 e. The quantitative estimate of drug-likeness (QED) is 0.518. The predicted molar refractivity (Wildman–Crippen MR) is 135 cm³/mol. The highest BCUT2D eigenvalue weighted by Gasteiger charge is 2.25. The van der Waals surface area contributed by atoms with Gasteiger partial charge in [0, 0.05) is 35.5 Å². The molecule has 0 radical (unpaired) electrons. The van der Waals surface area contributed by atoms with Gasteiger partial charge in [-0.25, -0.2) is 4.98 Å². The number of hydrogen-bond donors (Lipinski definition) is 2. The number of carbonyl (C=O) groups is 2. The van der Waals surface area contributed by atoms with Crippen LogP contribution in [0.2, 0.25) is 0 Å². The summed E-state index contributed by atoms with van der Waals surface area (Å²) in [5.41, 5.74) is 10.2. The van der Waals surface area contributed by atoms with Crippen LogP contribution < -0.4 is 11.1 Å². The van der Waals surface area contributed by atoms with Crippen LogP contribution in [0, 0.1) is 0 Å². The molecule has 2 aliphatic rings. The third kappa shape index (κ3) is 5.22. The first kappa shape index (κ1) is 23.2. The summed E-state index contributed by atoms with van der Waals surface area (Å²) in [6.45, 7) is 4.45. The SMILES string of the molecule is NC(=O)c1c(NC(=O)Cc2csc(-c3ccc(CN4CCOCC4)cc3)n2)sc2c1CCCC2. The number of nitrogens with one attached hydrogen (secondary N) is 1. The van der Waals surface area contributed by atoms with Crippen molar-refractivity contribution < 1.29 is 14.3 Å². The molecule has 2 amide bonds. The summed E-state index contributed by atoms with van der Waals surface area (Å²) in [6, 6.07) is 8.46. The Hall–Kier alpha value is -2.59. The molecule has 3 heterocycles. The van der Waals surface area contributed by atoms with Crippen molar-refractivity contribution in [3.63, 3.8) is 0 Å². The molecule has 2 aromatic heterocycles. The number of nitrogens with two attached hydrogens (primary N) is 1. The molecular weight excluding hydrogens is 468 g/mol. The molecule has 3 aromatic rings. The average Bonchev–Trinajstić information content (AvgIpc) is 3.44. The maximum Gasteiger partial charge on any atom is 0.251 e. The van der Waals surface area contributed by atoms with Gasteiger partial charge < -0.3 is 15.8 Å². The molecule has 0 saturated carbocycles. The second-order valence-electron chi connectivity index (χ2n) is 8.73. The molecular formula is C25H28N4O3S2. The lowest BCUT2D eigenvalue weighted by Crippen LogP contribution is -2.35. The fraction of sp³-hybridized carbons (Fsp3) is 0.400. The Morgan fingerprint density at radius 3 is 2.65 bits per heavy atom. The van der Waals surface area contributed by atoms with Gasteiger partial charge in [-0.1, -0.05) is 24.3 Å².